The minimum absolute atomic E-state index is 0.534. The summed E-state index contributed by atoms with van der Waals surface area (Å²) in [5, 5.41) is 6.38. The van der Waals surface area contributed by atoms with E-state index < -0.39 is 0 Å². The number of rotatable bonds is 2. The lowest BCUT2D eigenvalue weighted by atomic mass is 10.1. The Morgan fingerprint density at radius 1 is 1.27 bits per heavy atom. The van der Waals surface area contributed by atoms with E-state index in [1.54, 1.807) is 0 Å². The number of anilines is 2. The second-order valence-corrected chi connectivity index (χ2v) is 4.64. The molecule has 1 aromatic carbocycles. The molecule has 0 saturated carbocycles. The molecule has 0 saturated heterocycles. The van der Waals surface area contributed by atoms with Gasteiger partial charge in [-0.25, -0.2) is 4.98 Å². The highest BCUT2D eigenvalue weighted by Gasteiger charge is 2.01. The molecule has 1 N–H and O–H groups in total. The molecule has 1 heterocycles. The highest BCUT2D eigenvalue weighted by molar-refractivity contribution is 7.14. The van der Waals surface area contributed by atoms with Crippen LogP contribution in [0, 0.1) is 13.8 Å². The number of nitrogens with zero attached hydrogens (tertiary/aromatic N) is 1. The zero-order chi connectivity index (χ0) is 10.8. The van der Waals surface area contributed by atoms with Crippen LogP contribution in [0.4, 0.5) is 10.8 Å². The number of thiazole rings is 1. The summed E-state index contributed by atoms with van der Waals surface area (Å²) in [6, 6.07) is 6.23. The van der Waals surface area contributed by atoms with E-state index in [2.05, 4.69) is 36.3 Å². The van der Waals surface area contributed by atoms with E-state index >= 15 is 0 Å². The van der Waals surface area contributed by atoms with Crippen molar-refractivity contribution in [2.24, 2.45) is 0 Å². The lowest BCUT2D eigenvalue weighted by Gasteiger charge is -2.05. The fourth-order valence-corrected chi connectivity index (χ4v) is 2.11. The Balaban J connectivity index is 2.21. The fourth-order valence-electron chi connectivity index (χ4n) is 1.25. The molecule has 0 radical (unpaired) electrons. The zero-order valence-corrected chi connectivity index (χ0v) is 10.1. The van der Waals surface area contributed by atoms with Gasteiger partial charge in [-0.1, -0.05) is 17.7 Å². The van der Waals surface area contributed by atoms with E-state index in [4.69, 9.17) is 11.6 Å². The lowest BCUT2D eigenvalue weighted by Crippen LogP contribution is -1.90. The van der Waals surface area contributed by atoms with Gasteiger partial charge in [-0.3, -0.25) is 0 Å². The molecule has 78 valence electrons. The number of benzene rings is 1. The molecule has 2 nitrogen and oxygen atoms in total. The monoisotopic (exact) mass is 238 g/mol. The summed E-state index contributed by atoms with van der Waals surface area (Å²) in [5.74, 6) is 0. The number of halogens is 1. The summed E-state index contributed by atoms with van der Waals surface area (Å²) >= 11 is 7.24. The quantitative estimate of drug-likeness (QED) is 0.850. The number of aryl methyl sites for hydroxylation is 2. The molecule has 0 amide bonds. The lowest BCUT2D eigenvalue weighted by molar-refractivity contribution is 1.33. The van der Waals surface area contributed by atoms with Gasteiger partial charge in [0.25, 0.3) is 0 Å². The van der Waals surface area contributed by atoms with E-state index in [0.29, 0.717) is 5.15 Å². The highest BCUT2D eigenvalue weighted by atomic mass is 35.5. The van der Waals surface area contributed by atoms with E-state index in [1.165, 1.54) is 22.5 Å². The molecular formula is C11H11ClN2S. The maximum absolute atomic E-state index is 5.74. The second kappa shape index (κ2) is 4.21. The first-order valence-corrected chi connectivity index (χ1v) is 5.86. The average Bonchev–Trinajstić information content (AvgIpc) is 2.58. The van der Waals surface area contributed by atoms with Gasteiger partial charge in [0, 0.05) is 11.1 Å². The van der Waals surface area contributed by atoms with Crippen LogP contribution in [-0.2, 0) is 0 Å². The summed E-state index contributed by atoms with van der Waals surface area (Å²) in [6.07, 6.45) is 0. The van der Waals surface area contributed by atoms with Gasteiger partial charge in [-0.2, -0.15) is 0 Å². The maximum atomic E-state index is 5.74. The molecule has 2 aromatic rings. The van der Waals surface area contributed by atoms with Crippen LogP contribution in [0.3, 0.4) is 0 Å². The van der Waals surface area contributed by atoms with Gasteiger partial charge < -0.3 is 5.32 Å². The van der Waals surface area contributed by atoms with Crippen LogP contribution in [0.5, 0.6) is 0 Å². The van der Waals surface area contributed by atoms with Gasteiger partial charge in [0.15, 0.2) is 5.13 Å². The molecule has 0 aliphatic heterocycles. The van der Waals surface area contributed by atoms with E-state index in [0.717, 1.165) is 10.8 Å². The predicted octanol–water partition coefficient (Wildman–Crippen LogP) is 4.16. The van der Waals surface area contributed by atoms with Crippen molar-refractivity contribution < 1.29 is 0 Å². The van der Waals surface area contributed by atoms with Crippen LogP contribution in [-0.4, -0.2) is 4.98 Å². The Labute approximate surface area is 97.9 Å². The first-order chi connectivity index (χ1) is 7.15. The largest absolute Gasteiger partial charge is 0.332 e. The number of hydrogen-bond donors (Lipinski definition) is 1. The number of hydrogen-bond acceptors (Lipinski definition) is 3. The molecule has 0 unspecified atom stereocenters. The number of nitrogens with one attached hydrogen (secondary N) is 1. The maximum Gasteiger partial charge on any atom is 0.188 e. The molecule has 0 aliphatic rings. The summed E-state index contributed by atoms with van der Waals surface area (Å²) in [6.45, 7) is 4.19. The highest BCUT2D eigenvalue weighted by Crippen LogP contribution is 2.24. The van der Waals surface area contributed by atoms with Crippen LogP contribution in [0.2, 0.25) is 5.15 Å². The van der Waals surface area contributed by atoms with Crippen molar-refractivity contribution in [1.82, 2.24) is 4.98 Å². The van der Waals surface area contributed by atoms with Gasteiger partial charge in [-0.15, -0.1) is 11.3 Å². The summed E-state index contributed by atoms with van der Waals surface area (Å²) in [5.41, 5.74) is 3.60. The van der Waals surface area contributed by atoms with Crippen molar-refractivity contribution in [3.8, 4) is 0 Å². The standard InChI is InChI=1S/C11H11ClN2S/c1-7-3-4-9(5-8(7)2)13-11-14-10(12)6-15-11/h3-6H,1-2H3,(H,13,14). The first kappa shape index (κ1) is 10.5. The smallest absolute Gasteiger partial charge is 0.188 e. The van der Waals surface area contributed by atoms with Crippen LogP contribution in [0.1, 0.15) is 11.1 Å². The fraction of sp³-hybridized carbons (Fsp3) is 0.182. The summed E-state index contributed by atoms with van der Waals surface area (Å²) < 4.78 is 0. The third-order valence-electron chi connectivity index (χ3n) is 2.23. The minimum Gasteiger partial charge on any atom is -0.332 e. The van der Waals surface area contributed by atoms with Crippen molar-refractivity contribution in [1.29, 1.82) is 0 Å². The topological polar surface area (TPSA) is 24.9 Å². The van der Waals surface area contributed by atoms with E-state index in [1.807, 2.05) is 11.4 Å². The van der Waals surface area contributed by atoms with Gasteiger partial charge in [0.1, 0.15) is 5.15 Å². The van der Waals surface area contributed by atoms with Crippen LogP contribution >= 0.6 is 22.9 Å². The van der Waals surface area contributed by atoms with Crippen LogP contribution < -0.4 is 5.32 Å². The van der Waals surface area contributed by atoms with Crippen molar-refractivity contribution >= 4 is 33.8 Å². The second-order valence-electron chi connectivity index (χ2n) is 3.40. The van der Waals surface area contributed by atoms with Gasteiger partial charge in [0.2, 0.25) is 0 Å². The molecule has 0 aliphatic carbocycles. The van der Waals surface area contributed by atoms with Crippen molar-refractivity contribution in [2.45, 2.75) is 13.8 Å². The van der Waals surface area contributed by atoms with Crippen LogP contribution in [0.25, 0.3) is 0 Å². The van der Waals surface area contributed by atoms with Crippen molar-refractivity contribution in [2.75, 3.05) is 5.32 Å². The Bertz CT molecular complexity index is 479. The molecule has 15 heavy (non-hydrogen) atoms. The number of aromatic nitrogens is 1. The third kappa shape index (κ3) is 2.49. The predicted molar refractivity (Wildman–Crippen MR) is 66.3 cm³/mol. The molecule has 0 atom stereocenters. The van der Waals surface area contributed by atoms with Gasteiger partial charge in [0.05, 0.1) is 0 Å². The molecule has 4 heteroatoms. The Hall–Kier alpha value is -1.06. The Morgan fingerprint density at radius 2 is 2.07 bits per heavy atom. The summed E-state index contributed by atoms with van der Waals surface area (Å²) in [4.78, 5) is 4.13. The molecule has 2 rings (SSSR count). The molecule has 0 fully saturated rings. The Morgan fingerprint density at radius 3 is 2.67 bits per heavy atom. The summed E-state index contributed by atoms with van der Waals surface area (Å²) in [7, 11) is 0. The molecular weight excluding hydrogens is 228 g/mol. The van der Waals surface area contributed by atoms with E-state index in [-0.39, 0.29) is 0 Å². The molecule has 1 aromatic heterocycles. The van der Waals surface area contributed by atoms with Crippen molar-refractivity contribution in [3.05, 3.63) is 39.9 Å². The first-order valence-electron chi connectivity index (χ1n) is 4.60. The SMILES string of the molecule is Cc1ccc(Nc2nc(Cl)cs2)cc1C. The van der Waals surface area contributed by atoms with Crippen LogP contribution in [0.15, 0.2) is 23.6 Å². The Kier molecular flexibility index (Phi) is 2.93. The average molecular weight is 239 g/mol. The molecule has 0 spiro atoms. The normalized spacial score (nSPS) is 10.3. The molecule has 0 bridgehead atoms. The zero-order valence-electron chi connectivity index (χ0n) is 8.54. The van der Waals surface area contributed by atoms with Gasteiger partial charge in [-0.05, 0) is 37.1 Å². The van der Waals surface area contributed by atoms with Gasteiger partial charge >= 0.3 is 0 Å². The third-order valence-corrected chi connectivity index (χ3v) is 3.32. The van der Waals surface area contributed by atoms with Crippen molar-refractivity contribution in [3.63, 3.8) is 0 Å². The minimum atomic E-state index is 0.534. The van der Waals surface area contributed by atoms with E-state index in [9.17, 15) is 0 Å².